The molecule has 2 fully saturated rings. The lowest BCUT2D eigenvalue weighted by atomic mass is 9.74. The van der Waals surface area contributed by atoms with Crippen LogP contribution >= 0.6 is 11.3 Å². The summed E-state index contributed by atoms with van der Waals surface area (Å²) in [6.45, 7) is 7.20. The Morgan fingerprint density at radius 3 is 2.09 bits per heavy atom. The van der Waals surface area contributed by atoms with Crippen molar-refractivity contribution in [2.45, 2.75) is 89.0 Å². The number of aromatic nitrogens is 4. The number of rotatable bonds is 6. The van der Waals surface area contributed by atoms with Crippen molar-refractivity contribution in [1.29, 1.82) is 0 Å². The van der Waals surface area contributed by atoms with Crippen LogP contribution in [-0.2, 0) is 5.41 Å². The van der Waals surface area contributed by atoms with Crippen LogP contribution in [0.15, 0.2) is 176 Å². The Balaban J connectivity index is 0.913. The van der Waals surface area contributed by atoms with E-state index in [1.807, 2.05) is 6.20 Å². The van der Waals surface area contributed by atoms with Crippen LogP contribution in [0.3, 0.4) is 0 Å². The van der Waals surface area contributed by atoms with Gasteiger partial charge in [-0.15, -0.1) is 0 Å². The first-order valence-electron chi connectivity index (χ1n) is 27.6. The molecule has 0 saturated heterocycles. The summed E-state index contributed by atoms with van der Waals surface area (Å²) in [6, 6.07) is 60.4. The van der Waals surface area contributed by atoms with Gasteiger partial charge in [0, 0.05) is 41.5 Å². The summed E-state index contributed by atoms with van der Waals surface area (Å²) in [7, 11) is -2.88. The van der Waals surface area contributed by atoms with Crippen LogP contribution in [0.1, 0.15) is 102 Å². The van der Waals surface area contributed by atoms with Crippen LogP contribution in [0.5, 0.6) is 11.5 Å². The number of fused-ring (bicyclic) bond motifs is 11. The number of nitrogens with zero attached hydrogens (tertiary/aromatic N) is 4. The fourth-order valence-electron chi connectivity index (χ4n) is 13.5. The highest BCUT2D eigenvalue weighted by Gasteiger charge is 2.43. The van der Waals surface area contributed by atoms with E-state index >= 15 is 0 Å². The van der Waals surface area contributed by atoms with Gasteiger partial charge in [0.05, 0.1) is 26.6 Å². The van der Waals surface area contributed by atoms with Crippen molar-refractivity contribution in [2.75, 3.05) is 0 Å². The van der Waals surface area contributed by atoms with Crippen LogP contribution in [0.25, 0.3) is 37.3 Å². The van der Waals surface area contributed by atoms with Crippen LogP contribution < -0.4 is 20.3 Å². The number of benzene rings is 8. The normalized spacial score (nSPS) is 19.8. The lowest BCUT2D eigenvalue weighted by Gasteiger charge is -2.39. The molecule has 360 valence electrons. The molecule has 0 amide bonds. The van der Waals surface area contributed by atoms with E-state index in [2.05, 4.69) is 194 Å². The Kier molecular flexibility index (Phi) is 9.52. The molecule has 1 unspecified atom stereocenters. The maximum absolute atomic E-state index is 10.0. The number of ether oxygens (including phenoxy) is 1. The zero-order valence-electron chi connectivity index (χ0n) is 44.0. The molecular formula is C67H56N4OSSi. The smallest absolute Gasteiger partial charge is 0.195 e. The Bertz CT molecular complexity index is 4680. The highest BCUT2D eigenvalue weighted by Crippen LogP contribution is 2.51. The van der Waals surface area contributed by atoms with E-state index in [1.54, 1.807) is 17.7 Å². The first-order chi connectivity index (χ1) is 37.0. The molecule has 0 spiro atoms. The van der Waals surface area contributed by atoms with Gasteiger partial charge in [0.15, 0.2) is 4.96 Å². The molecule has 0 radical (unpaired) electrons. The number of para-hydroxylation sites is 1. The van der Waals surface area contributed by atoms with E-state index in [0.29, 0.717) is 0 Å². The molecule has 8 aromatic carbocycles. The molecule has 11 aromatic rings. The molecule has 0 bridgehead atoms. The zero-order valence-corrected chi connectivity index (χ0v) is 43.8. The van der Waals surface area contributed by atoms with E-state index in [4.69, 9.17) is 14.7 Å². The summed E-state index contributed by atoms with van der Waals surface area (Å²) in [4.78, 5) is 16.0. The summed E-state index contributed by atoms with van der Waals surface area (Å²) < 4.78 is 30.2. The van der Waals surface area contributed by atoms with Crippen molar-refractivity contribution in [3.8, 4) is 22.6 Å². The number of hydrogen-bond donors (Lipinski definition) is 0. The first kappa shape index (κ1) is 42.0. The average molecular weight is 995 g/mol. The van der Waals surface area contributed by atoms with Crippen LogP contribution in [-0.4, -0.2) is 27.4 Å². The van der Waals surface area contributed by atoms with E-state index < -0.39 is 25.3 Å². The quantitative estimate of drug-likeness (QED) is 0.123. The van der Waals surface area contributed by atoms with Gasteiger partial charge in [0.1, 0.15) is 25.9 Å². The highest BCUT2D eigenvalue weighted by atomic mass is 32.1. The number of thiazole rings is 1. The van der Waals surface area contributed by atoms with Gasteiger partial charge in [0.25, 0.3) is 0 Å². The molecule has 1 atom stereocenters. The van der Waals surface area contributed by atoms with Gasteiger partial charge in [-0.1, -0.05) is 191 Å². The maximum atomic E-state index is 10.0. The monoisotopic (exact) mass is 994 g/mol. The molecule has 4 aliphatic rings. The lowest BCUT2D eigenvalue weighted by molar-refractivity contribution is 0.421. The minimum atomic E-state index is -2.88. The predicted molar refractivity (Wildman–Crippen MR) is 304 cm³/mol. The second-order valence-corrected chi connectivity index (χ2v) is 26.7. The number of hydrogen-bond acceptors (Lipinski definition) is 5. The van der Waals surface area contributed by atoms with Crippen LogP contribution in [0.2, 0.25) is 6.55 Å². The molecule has 74 heavy (non-hydrogen) atoms. The van der Waals surface area contributed by atoms with Gasteiger partial charge in [0.2, 0.25) is 0 Å². The Morgan fingerprint density at radius 1 is 0.622 bits per heavy atom. The summed E-state index contributed by atoms with van der Waals surface area (Å²) in [5.41, 5.74) is 9.29. The van der Waals surface area contributed by atoms with Crippen LogP contribution in [0.4, 0.5) is 0 Å². The van der Waals surface area contributed by atoms with Crippen molar-refractivity contribution in [2.24, 2.45) is 0 Å². The van der Waals surface area contributed by atoms with Gasteiger partial charge in [-0.25, -0.2) is 15.0 Å². The molecule has 7 heteroatoms. The molecule has 0 N–H and O–H groups in total. The third-order valence-electron chi connectivity index (χ3n) is 17.4. The van der Waals surface area contributed by atoms with Gasteiger partial charge in [-0.3, -0.25) is 4.40 Å². The first-order valence-corrected chi connectivity index (χ1v) is 29.9. The average Bonchev–Trinajstić information content (AvgIpc) is 4.28. The molecule has 3 aliphatic carbocycles. The van der Waals surface area contributed by atoms with E-state index in [0.717, 1.165) is 144 Å². The zero-order chi connectivity index (χ0) is 51.1. The van der Waals surface area contributed by atoms with Crippen molar-refractivity contribution in [3.05, 3.63) is 240 Å². The third-order valence-corrected chi connectivity index (χ3v) is 22.9. The van der Waals surface area contributed by atoms with Gasteiger partial charge in [-0.05, 0) is 126 Å². The lowest BCUT2D eigenvalue weighted by Crippen LogP contribution is -2.65. The largest absolute Gasteiger partial charge is 0.457 e. The molecule has 3 aromatic heterocycles. The summed E-state index contributed by atoms with van der Waals surface area (Å²) in [5.74, 6) is 0.599. The highest BCUT2D eigenvalue weighted by molar-refractivity contribution is 7.23. The van der Waals surface area contributed by atoms with E-state index in [-0.39, 0.29) is 0 Å². The summed E-state index contributed by atoms with van der Waals surface area (Å²) in [5, 5.41) is 12.7. The molecule has 15 rings (SSSR count). The van der Waals surface area contributed by atoms with Crippen molar-refractivity contribution >= 4 is 61.2 Å². The summed E-state index contributed by atoms with van der Waals surface area (Å²) >= 11 is 1.72. The molecular weight excluding hydrogens is 937 g/mol. The molecule has 2 saturated carbocycles. The second-order valence-electron chi connectivity index (χ2n) is 21.7. The predicted octanol–water partition coefficient (Wildman–Crippen LogP) is 14.5. The summed E-state index contributed by atoms with van der Waals surface area (Å²) in [6.07, 6.45) is 11.5. The van der Waals surface area contributed by atoms with E-state index in [1.165, 1.54) is 35.9 Å². The minimum Gasteiger partial charge on any atom is -0.457 e. The van der Waals surface area contributed by atoms with Gasteiger partial charge >= 0.3 is 0 Å². The topological polar surface area (TPSA) is 52.3 Å². The molecule has 1 aliphatic heterocycles. The van der Waals surface area contributed by atoms with Crippen LogP contribution in [0, 0.1) is 41.9 Å². The maximum Gasteiger partial charge on any atom is 0.195 e. The second kappa shape index (κ2) is 16.8. The Labute approximate surface area is 437 Å². The third kappa shape index (κ3) is 6.55. The standard InChI is InChI=1S/C67H56N4OSSi/c1-67(2)55-26-15-27-61(74(3,45-20-5-4-6-21-45)46-30-31-52-53(38-46)50-24-13-11-22-48(50)49-23-12-14-25-51(49)54-39-68-40-69-63(52)54)65(55)72-59-35-29-44(36-56(59)67)62-47(42-18-9-10-19-42)32-34-58-64(62)70-66-71(58)57-33-28-43(37-60(57)73-66)41-16-7-8-17-41/h4-6,11-15,20-42H,7-10,16-19H2,1-3H3/b49-48-,53-50-,54-51-,63-52+/i41D,42D. The van der Waals surface area contributed by atoms with Gasteiger partial charge in [-0.2, -0.15) is 0 Å². The fourth-order valence-corrected chi connectivity index (χ4v) is 18.3. The van der Waals surface area contributed by atoms with Gasteiger partial charge < -0.3 is 4.74 Å². The molecule has 4 heterocycles. The minimum absolute atomic E-state index is 0.445. The van der Waals surface area contributed by atoms with E-state index in [9.17, 15) is 2.74 Å². The Morgan fingerprint density at radius 2 is 1.32 bits per heavy atom. The van der Waals surface area contributed by atoms with Crippen molar-refractivity contribution in [3.63, 3.8) is 0 Å². The number of imidazole rings is 1. The van der Waals surface area contributed by atoms with Crippen molar-refractivity contribution < 1.29 is 7.48 Å². The SMILES string of the molecule is [2H]C1(c2ccc3c(c2)sc2nc4c(-c5ccc6c(c5)C(C)(C)c5cccc([Si](C)(c7ccccc7)c7ccc8/c(c7)=c7/cccc/c7=c7\cccc\c7=c7/cncn/c7=8)c5O6)c(C5([2H])CCCC5)ccc4n23)CCCC1. The Hall–Kier alpha value is -7.45. The molecule has 5 nitrogen and oxygen atoms in total. The van der Waals surface area contributed by atoms with Crippen molar-refractivity contribution in [1.82, 2.24) is 19.4 Å². The fraction of sp³-hybridized carbons (Fsp3) is 0.209.